The molecule has 3 rings (SSSR count). The molecule has 3 heteroatoms. The number of phenols is 1. The summed E-state index contributed by atoms with van der Waals surface area (Å²) >= 11 is 0.100. The number of phenolic OH excluding ortho intramolecular Hbond substituents is 1. The Morgan fingerprint density at radius 2 is 1.57 bits per heavy atom. The second-order valence-corrected chi connectivity index (χ2v) is 10.1. The summed E-state index contributed by atoms with van der Waals surface area (Å²) < 4.78 is 13.9. The average Bonchev–Trinajstić information content (AvgIpc) is 2.58. The zero-order valence-electron chi connectivity index (χ0n) is 13.3. The number of hydrogen-bond acceptors (Lipinski definition) is 1. The molecular weight excluding hydrogens is 350 g/mol. The maximum absolute atomic E-state index is 12.9. The van der Waals surface area contributed by atoms with Crippen molar-refractivity contribution in [2.45, 2.75) is 47.9 Å². The van der Waals surface area contributed by atoms with Crippen molar-refractivity contribution < 1.29 is 9.50 Å². The third kappa shape index (κ3) is 4.85. The van der Waals surface area contributed by atoms with E-state index in [1.54, 1.807) is 24.3 Å². The van der Waals surface area contributed by atoms with Gasteiger partial charge in [0.25, 0.3) is 0 Å². The number of rotatable bonds is 5. The molecule has 1 aliphatic rings. The van der Waals surface area contributed by atoms with Crippen LogP contribution < -0.4 is 0 Å². The van der Waals surface area contributed by atoms with Crippen LogP contribution in [-0.4, -0.2) is 20.9 Å². The van der Waals surface area contributed by atoms with Crippen molar-refractivity contribution in [1.29, 1.82) is 0 Å². The van der Waals surface area contributed by atoms with Crippen LogP contribution in [-0.2, 0) is 6.42 Å². The minimum atomic E-state index is -0.141. The summed E-state index contributed by atoms with van der Waals surface area (Å²) in [7, 11) is 0. The van der Waals surface area contributed by atoms with Gasteiger partial charge in [0.05, 0.1) is 0 Å². The second-order valence-electron chi connectivity index (χ2n) is 6.47. The van der Waals surface area contributed by atoms with Gasteiger partial charge < -0.3 is 0 Å². The zero-order chi connectivity index (χ0) is 16.1. The van der Waals surface area contributed by atoms with Crippen LogP contribution in [0.5, 0.6) is 5.75 Å². The van der Waals surface area contributed by atoms with E-state index in [1.165, 1.54) is 42.0 Å². The molecule has 1 atom stereocenters. The predicted molar refractivity (Wildman–Crippen MR) is 95.1 cm³/mol. The van der Waals surface area contributed by atoms with Crippen molar-refractivity contribution in [2.24, 2.45) is 0 Å². The van der Waals surface area contributed by atoms with E-state index in [4.69, 9.17) is 0 Å². The molecular formula is C20H24AsFO. The van der Waals surface area contributed by atoms with Gasteiger partial charge in [-0.15, -0.1) is 0 Å². The van der Waals surface area contributed by atoms with Crippen LogP contribution in [0.1, 0.15) is 42.7 Å². The summed E-state index contributed by atoms with van der Waals surface area (Å²) in [6.45, 7) is 0. The Kier molecular flexibility index (Phi) is 5.78. The molecule has 122 valence electrons. The third-order valence-corrected chi connectivity index (χ3v) is 8.40. The van der Waals surface area contributed by atoms with Gasteiger partial charge in [-0.1, -0.05) is 0 Å². The zero-order valence-corrected chi connectivity index (χ0v) is 15.4. The molecule has 2 aromatic rings. The van der Waals surface area contributed by atoms with Crippen molar-refractivity contribution in [3.63, 3.8) is 0 Å². The molecule has 0 bridgehead atoms. The van der Waals surface area contributed by atoms with Gasteiger partial charge in [0.1, 0.15) is 0 Å². The Morgan fingerprint density at radius 3 is 2.22 bits per heavy atom. The van der Waals surface area contributed by atoms with Gasteiger partial charge in [-0.25, -0.2) is 0 Å². The maximum atomic E-state index is 12.9. The van der Waals surface area contributed by atoms with E-state index in [0.29, 0.717) is 11.7 Å². The fourth-order valence-electron chi connectivity index (χ4n) is 3.45. The summed E-state index contributed by atoms with van der Waals surface area (Å²) in [6.07, 6.45) is 6.40. The van der Waals surface area contributed by atoms with E-state index >= 15 is 0 Å². The Morgan fingerprint density at radius 1 is 0.913 bits per heavy atom. The van der Waals surface area contributed by atoms with Crippen LogP contribution in [0.2, 0.25) is 9.91 Å². The second kappa shape index (κ2) is 8.01. The van der Waals surface area contributed by atoms with Gasteiger partial charge in [-0.2, -0.15) is 0 Å². The van der Waals surface area contributed by atoms with Gasteiger partial charge in [-0.3, -0.25) is 0 Å². The molecule has 0 aromatic heterocycles. The first-order valence-corrected chi connectivity index (χ1v) is 11.2. The van der Waals surface area contributed by atoms with Crippen LogP contribution in [0, 0.1) is 5.82 Å². The first-order chi connectivity index (χ1) is 11.2. The molecule has 1 fully saturated rings. The molecule has 1 unspecified atom stereocenters. The monoisotopic (exact) mass is 374 g/mol. The van der Waals surface area contributed by atoms with Crippen molar-refractivity contribution in [1.82, 2.24) is 0 Å². The summed E-state index contributed by atoms with van der Waals surface area (Å²) in [5, 5.41) is 10.7. The topological polar surface area (TPSA) is 20.2 Å². The molecule has 1 nitrogen and oxygen atoms in total. The summed E-state index contributed by atoms with van der Waals surface area (Å²) in [5.74, 6) is 0.891. The number of benzene rings is 2. The Hall–Kier alpha value is -1.27. The quantitative estimate of drug-likeness (QED) is 0.724. The average molecular weight is 374 g/mol. The standard InChI is InChI=1S/C20H24AsFO/c22-19-9-1-15(2-10-19)13-14-21-18-7-3-16(4-8-18)17-5-11-20(23)12-6-17/h1-2,5-6,9-12,16,18,21,23H,3-4,7-8,13-14H2. The SMILES string of the molecule is Oc1ccc(C2CCC([AsH]CCc3ccc(F)cc3)CC2)cc1. The van der Waals surface area contributed by atoms with E-state index < -0.39 is 0 Å². The normalized spacial score (nSPS) is 21.8. The minimum absolute atomic E-state index is 0.100. The van der Waals surface area contributed by atoms with Crippen LogP contribution in [0.25, 0.3) is 0 Å². The van der Waals surface area contributed by atoms with Crippen molar-refractivity contribution in [2.75, 3.05) is 0 Å². The molecule has 0 saturated heterocycles. The Labute approximate surface area is 144 Å². The number of halogens is 1. The van der Waals surface area contributed by atoms with E-state index in [-0.39, 0.29) is 21.6 Å². The molecule has 1 saturated carbocycles. The number of aryl methyl sites for hydroxylation is 1. The van der Waals surface area contributed by atoms with Crippen molar-refractivity contribution >= 4 is 15.8 Å². The van der Waals surface area contributed by atoms with Crippen LogP contribution >= 0.6 is 0 Å². The number of hydrogen-bond donors (Lipinski definition) is 1. The molecule has 1 aliphatic carbocycles. The van der Waals surface area contributed by atoms with Gasteiger partial charge >= 0.3 is 144 Å². The first kappa shape index (κ1) is 16.6. The fraction of sp³-hybridized carbons (Fsp3) is 0.400. The van der Waals surface area contributed by atoms with Crippen LogP contribution in [0.4, 0.5) is 4.39 Å². The van der Waals surface area contributed by atoms with E-state index in [0.717, 1.165) is 11.1 Å². The first-order valence-electron chi connectivity index (χ1n) is 8.47. The predicted octanol–water partition coefficient (Wildman–Crippen LogP) is 5.07. The molecule has 0 amide bonds. The van der Waals surface area contributed by atoms with Crippen LogP contribution in [0.3, 0.4) is 0 Å². The van der Waals surface area contributed by atoms with Crippen LogP contribution in [0.15, 0.2) is 48.5 Å². The van der Waals surface area contributed by atoms with Gasteiger partial charge in [0.2, 0.25) is 0 Å². The fourth-order valence-corrected chi connectivity index (χ4v) is 6.77. The molecule has 0 aliphatic heterocycles. The Bertz CT molecular complexity index is 598. The summed E-state index contributed by atoms with van der Waals surface area (Å²) in [5.41, 5.74) is 2.65. The van der Waals surface area contributed by atoms with Gasteiger partial charge in [0, 0.05) is 0 Å². The van der Waals surface area contributed by atoms with E-state index in [9.17, 15) is 9.50 Å². The number of aromatic hydroxyl groups is 1. The summed E-state index contributed by atoms with van der Waals surface area (Å²) in [6, 6.07) is 14.7. The van der Waals surface area contributed by atoms with Crippen molar-refractivity contribution in [3.05, 3.63) is 65.5 Å². The molecule has 1 N–H and O–H groups in total. The van der Waals surface area contributed by atoms with Crippen molar-refractivity contribution in [3.8, 4) is 5.75 Å². The molecule has 2 aromatic carbocycles. The third-order valence-electron chi connectivity index (χ3n) is 4.85. The van der Waals surface area contributed by atoms with E-state index in [2.05, 4.69) is 12.1 Å². The molecule has 0 spiro atoms. The molecule has 0 radical (unpaired) electrons. The molecule has 0 heterocycles. The summed E-state index contributed by atoms with van der Waals surface area (Å²) in [4.78, 5) is 0. The van der Waals surface area contributed by atoms with Gasteiger partial charge in [0.15, 0.2) is 0 Å². The Balaban J connectivity index is 1.40. The van der Waals surface area contributed by atoms with Gasteiger partial charge in [-0.05, 0) is 0 Å². The molecule has 23 heavy (non-hydrogen) atoms. The van der Waals surface area contributed by atoms with E-state index in [1.807, 2.05) is 12.1 Å².